The lowest BCUT2D eigenvalue weighted by Crippen LogP contribution is -2.19. The predicted octanol–water partition coefficient (Wildman–Crippen LogP) is 3.57. The van der Waals surface area contributed by atoms with Crippen LogP contribution in [0.25, 0.3) is 5.69 Å². The van der Waals surface area contributed by atoms with Crippen molar-refractivity contribution in [2.45, 2.75) is 40.2 Å². The highest BCUT2D eigenvalue weighted by Crippen LogP contribution is 2.11. The molecule has 0 fully saturated rings. The summed E-state index contributed by atoms with van der Waals surface area (Å²) in [5.74, 6) is 0.670. The second-order valence-corrected chi connectivity index (χ2v) is 5.69. The van der Waals surface area contributed by atoms with Gasteiger partial charge in [-0.2, -0.15) is 5.10 Å². The van der Waals surface area contributed by atoms with E-state index < -0.39 is 0 Å². The smallest absolute Gasteiger partial charge is 0.0766 e. The van der Waals surface area contributed by atoms with Gasteiger partial charge in [-0.15, -0.1) is 0 Å². The van der Waals surface area contributed by atoms with E-state index in [4.69, 9.17) is 0 Å². The summed E-state index contributed by atoms with van der Waals surface area (Å²) in [4.78, 5) is 0. The Labute approximate surface area is 122 Å². The van der Waals surface area contributed by atoms with Gasteiger partial charge >= 0.3 is 0 Å². The average molecular weight is 271 g/mol. The normalized spacial score (nSPS) is 11.2. The number of hydrogen-bond acceptors (Lipinski definition) is 2. The molecule has 0 bridgehead atoms. The van der Waals surface area contributed by atoms with E-state index in [1.165, 1.54) is 12.0 Å². The van der Waals surface area contributed by atoms with Gasteiger partial charge < -0.3 is 5.32 Å². The fourth-order valence-electron chi connectivity index (χ4n) is 2.19. The first-order valence-electron chi connectivity index (χ1n) is 7.53. The Bertz CT molecular complexity index is 511. The van der Waals surface area contributed by atoms with Crippen LogP contribution >= 0.6 is 0 Å². The Kier molecular flexibility index (Phi) is 5.36. The van der Waals surface area contributed by atoms with E-state index in [9.17, 15) is 0 Å². The van der Waals surface area contributed by atoms with Crippen molar-refractivity contribution in [3.63, 3.8) is 0 Å². The van der Waals surface area contributed by atoms with Crippen LogP contribution < -0.4 is 5.32 Å². The Hall–Kier alpha value is -1.61. The molecule has 1 N–H and O–H groups in total. The molecule has 1 heterocycles. The maximum absolute atomic E-state index is 4.61. The fraction of sp³-hybridized carbons (Fsp3) is 0.471. The van der Waals surface area contributed by atoms with Gasteiger partial charge in [-0.1, -0.05) is 39.3 Å². The largest absolute Gasteiger partial charge is 0.311 e. The first-order valence-corrected chi connectivity index (χ1v) is 7.53. The number of nitrogens with zero attached hydrogens (tertiary/aromatic N) is 2. The highest BCUT2D eigenvalue weighted by molar-refractivity contribution is 5.34. The molecule has 3 nitrogen and oxygen atoms in total. The number of aryl methyl sites for hydroxylation is 1. The highest BCUT2D eigenvalue weighted by atomic mass is 15.3. The quantitative estimate of drug-likeness (QED) is 0.834. The minimum atomic E-state index is 0.670. The third kappa shape index (κ3) is 4.20. The van der Waals surface area contributed by atoms with Crippen LogP contribution in [0.1, 0.15) is 38.4 Å². The van der Waals surface area contributed by atoms with Crippen LogP contribution in [0.5, 0.6) is 0 Å². The number of benzene rings is 1. The molecule has 3 heteroatoms. The molecular formula is C17H25N3. The van der Waals surface area contributed by atoms with Crippen molar-refractivity contribution in [2.24, 2.45) is 5.92 Å². The lowest BCUT2D eigenvalue weighted by molar-refractivity contribution is 0.546. The average Bonchev–Trinajstić information content (AvgIpc) is 2.88. The van der Waals surface area contributed by atoms with Gasteiger partial charge in [0.1, 0.15) is 0 Å². The van der Waals surface area contributed by atoms with Crippen molar-refractivity contribution in [3.8, 4) is 5.69 Å². The summed E-state index contributed by atoms with van der Waals surface area (Å²) in [6.45, 7) is 8.49. The summed E-state index contributed by atoms with van der Waals surface area (Å²) in [6, 6.07) is 10.7. The minimum Gasteiger partial charge on any atom is -0.311 e. The van der Waals surface area contributed by atoms with Crippen molar-refractivity contribution in [1.82, 2.24) is 15.1 Å². The number of aromatic nitrogens is 2. The summed E-state index contributed by atoms with van der Waals surface area (Å²) in [7, 11) is 0. The molecule has 2 rings (SSSR count). The topological polar surface area (TPSA) is 29.9 Å². The van der Waals surface area contributed by atoms with Crippen molar-refractivity contribution in [3.05, 3.63) is 47.8 Å². The first kappa shape index (κ1) is 14.8. The number of nitrogens with one attached hydrogen (secondary N) is 1. The Balaban J connectivity index is 1.97. The molecule has 0 unspecified atom stereocenters. The van der Waals surface area contributed by atoms with E-state index in [2.05, 4.69) is 61.5 Å². The predicted molar refractivity (Wildman–Crippen MR) is 84.1 cm³/mol. The zero-order valence-electron chi connectivity index (χ0n) is 12.8. The third-order valence-electron chi connectivity index (χ3n) is 3.24. The van der Waals surface area contributed by atoms with Gasteiger partial charge in [0.05, 0.1) is 11.4 Å². The molecule has 2 aromatic rings. The van der Waals surface area contributed by atoms with Gasteiger partial charge in [0.25, 0.3) is 0 Å². The summed E-state index contributed by atoms with van der Waals surface area (Å²) in [5.41, 5.74) is 3.60. The summed E-state index contributed by atoms with van der Waals surface area (Å²) in [5, 5.41) is 8.02. The molecule has 0 saturated heterocycles. The fourth-order valence-corrected chi connectivity index (χ4v) is 2.19. The van der Waals surface area contributed by atoms with Crippen LogP contribution in [0.4, 0.5) is 0 Å². The van der Waals surface area contributed by atoms with Crippen LogP contribution in [-0.4, -0.2) is 16.3 Å². The maximum atomic E-state index is 4.61. The van der Waals surface area contributed by atoms with Gasteiger partial charge in [-0.25, -0.2) is 4.68 Å². The van der Waals surface area contributed by atoms with Crippen LogP contribution in [0, 0.1) is 5.92 Å². The SMILES string of the molecule is CCCc1ccc(-n2ccc(CNCC(C)C)n2)cc1. The van der Waals surface area contributed by atoms with Crippen LogP contribution in [0.2, 0.25) is 0 Å². The summed E-state index contributed by atoms with van der Waals surface area (Å²) < 4.78 is 1.95. The van der Waals surface area contributed by atoms with Crippen molar-refractivity contribution < 1.29 is 0 Å². The van der Waals surface area contributed by atoms with Crippen molar-refractivity contribution in [1.29, 1.82) is 0 Å². The first-order chi connectivity index (χ1) is 9.69. The molecule has 0 aliphatic carbocycles. The molecule has 0 aliphatic rings. The van der Waals surface area contributed by atoms with E-state index in [1.807, 2.05) is 10.9 Å². The van der Waals surface area contributed by atoms with Gasteiger partial charge in [0, 0.05) is 12.7 Å². The van der Waals surface area contributed by atoms with E-state index in [-0.39, 0.29) is 0 Å². The van der Waals surface area contributed by atoms with Gasteiger partial charge in [-0.05, 0) is 42.6 Å². The van der Waals surface area contributed by atoms with Gasteiger partial charge in [0.2, 0.25) is 0 Å². The minimum absolute atomic E-state index is 0.670. The molecule has 0 aliphatic heterocycles. The van der Waals surface area contributed by atoms with Gasteiger partial charge in [-0.3, -0.25) is 0 Å². The summed E-state index contributed by atoms with van der Waals surface area (Å²) >= 11 is 0. The second-order valence-electron chi connectivity index (χ2n) is 5.69. The highest BCUT2D eigenvalue weighted by Gasteiger charge is 2.02. The van der Waals surface area contributed by atoms with E-state index >= 15 is 0 Å². The molecule has 1 aromatic heterocycles. The lowest BCUT2D eigenvalue weighted by Gasteiger charge is -2.05. The van der Waals surface area contributed by atoms with E-state index in [1.54, 1.807) is 0 Å². The molecule has 0 atom stereocenters. The molecule has 20 heavy (non-hydrogen) atoms. The molecule has 108 valence electrons. The number of rotatable bonds is 7. The molecule has 0 spiro atoms. The van der Waals surface area contributed by atoms with E-state index in [0.717, 1.165) is 30.9 Å². The lowest BCUT2D eigenvalue weighted by atomic mass is 10.1. The van der Waals surface area contributed by atoms with E-state index in [0.29, 0.717) is 5.92 Å². The van der Waals surface area contributed by atoms with Crippen molar-refractivity contribution >= 4 is 0 Å². The van der Waals surface area contributed by atoms with Crippen LogP contribution in [0.3, 0.4) is 0 Å². The van der Waals surface area contributed by atoms with Crippen molar-refractivity contribution in [2.75, 3.05) is 6.54 Å². The monoisotopic (exact) mass is 271 g/mol. The molecule has 0 saturated carbocycles. The zero-order valence-corrected chi connectivity index (χ0v) is 12.8. The number of hydrogen-bond donors (Lipinski definition) is 1. The van der Waals surface area contributed by atoms with Gasteiger partial charge in [0.15, 0.2) is 0 Å². The molecular weight excluding hydrogens is 246 g/mol. The second kappa shape index (κ2) is 7.25. The zero-order chi connectivity index (χ0) is 14.4. The Morgan fingerprint density at radius 2 is 1.90 bits per heavy atom. The third-order valence-corrected chi connectivity index (χ3v) is 3.24. The summed E-state index contributed by atoms with van der Waals surface area (Å²) in [6.07, 6.45) is 4.36. The molecule has 1 aromatic carbocycles. The van der Waals surface area contributed by atoms with Crippen LogP contribution in [-0.2, 0) is 13.0 Å². The Morgan fingerprint density at radius 3 is 2.55 bits per heavy atom. The maximum Gasteiger partial charge on any atom is 0.0766 e. The molecule has 0 amide bonds. The Morgan fingerprint density at radius 1 is 1.15 bits per heavy atom. The molecule has 0 radical (unpaired) electrons. The van der Waals surface area contributed by atoms with Crippen LogP contribution in [0.15, 0.2) is 36.5 Å². The standard InChI is InChI=1S/C17H25N3/c1-4-5-15-6-8-17(9-7-15)20-11-10-16(19-20)13-18-12-14(2)3/h6-11,14,18H,4-5,12-13H2,1-3H3.